The molecule has 0 fully saturated rings. The van der Waals surface area contributed by atoms with Crippen LogP contribution in [0.1, 0.15) is 18.1 Å². The van der Waals surface area contributed by atoms with Crippen LogP contribution in [0.5, 0.6) is 0 Å². The molecule has 100 valence electrons. The molecule has 1 nitrogen and oxygen atoms in total. The third-order valence-corrected chi connectivity index (χ3v) is 3.06. The van der Waals surface area contributed by atoms with Crippen LogP contribution in [0.3, 0.4) is 0 Å². The van der Waals surface area contributed by atoms with Gasteiger partial charge in [-0.05, 0) is 48.7 Å². The fourth-order valence-electron chi connectivity index (χ4n) is 2.01. The van der Waals surface area contributed by atoms with Gasteiger partial charge in [0.1, 0.15) is 5.82 Å². The second-order valence-corrected chi connectivity index (χ2v) is 4.85. The Morgan fingerprint density at radius 3 is 2.16 bits per heavy atom. The third kappa shape index (κ3) is 3.15. The second-order valence-electron chi connectivity index (χ2n) is 4.85. The Labute approximate surface area is 109 Å². The van der Waals surface area contributed by atoms with Gasteiger partial charge in [-0.3, -0.25) is 0 Å². The van der Waals surface area contributed by atoms with Gasteiger partial charge in [-0.15, -0.1) is 0 Å². The van der Waals surface area contributed by atoms with Gasteiger partial charge in [0.2, 0.25) is 0 Å². The average Bonchev–Trinajstić information content (AvgIpc) is 2.34. The van der Waals surface area contributed by atoms with Crippen LogP contribution in [-0.4, -0.2) is 0 Å². The molecule has 0 aromatic heterocycles. The molecule has 4 heteroatoms. The minimum absolute atomic E-state index is 0.329. The van der Waals surface area contributed by atoms with Crippen LogP contribution < -0.4 is 5.73 Å². The molecule has 2 aromatic rings. The first-order chi connectivity index (χ1) is 8.88. The van der Waals surface area contributed by atoms with Gasteiger partial charge in [0.25, 0.3) is 0 Å². The van der Waals surface area contributed by atoms with Crippen molar-refractivity contribution in [2.24, 2.45) is 5.73 Å². The maximum atomic E-state index is 13.1. The van der Waals surface area contributed by atoms with E-state index in [1.165, 1.54) is 18.2 Å². The summed E-state index contributed by atoms with van der Waals surface area (Å²) in [6.07, 6.45) is 0.329. The second kappa shape index (κ2) is 5.05. The van der Waals surface area contributed by atoms with Crippen LogP contribution >= 0.6 is 0 Å². The first-order valence-corrected chi connectivity index (χ1v) is 5.87. The average molecular weight is 265 g/mol. The van der Waals surface area contributed by atoms with E-state index in [2.05, 4.69) is 0 Å². The van der Waals surface area contributed by atoms with Gasteiger partial charge in [0.15, 0.2) is 11.6 Å². The lowest BCUT2D eigenvalue weighted by Gasteiger charge is -2.25. The van der Waals surface area contributed by atoms with E-state index in [0.29, 0.717) is 12.0 Å². The van der Waals surface area contributed by atoms with E-state index >= 15 is 0 Å². The van der Waals surface area contributed by atoms with E-state index in [1.54, 1.807) is 19.1 Å². The quantitative estimate of drug-likeness (QED) is 0.902. The minimum atomic E-state index is -0.896. The summed E-state index contributed by atoms with van der Waals surface area (Å²) in [5.41, 5.74) is 6.72. The molecule has 1 atom stereocenters. The van der Waals surface area contributed by atoms with E-state index in [1.807, 2.05) is 0 Å². The SMILES string of the molecule is CC(N)(Cc1ccc(F)c(F)c1)c1ccc(F)cc1. The highest BCUT2D eigenvalue weighted by molar-refractivity contribution is 5.28. The van der Waals surface area contributed by atoms with Crippen molar-refractivity contribution in [2.45, 2.75) is 18.9 Å². The molecular weight excluding hydrogens is 251 g/mol. The van der Waals surface area contributed by atoms with Crippen molar-refractivity contribution in [3.05, 3.63) is 71.0 Å². The Bertz CT molecular complexity index is 576. The summed E-state index contributed by atoms with van der Waals surface area (Å²) in [4.78, 5) is 0. The summed E-state index contributed by atoms with van der Waals surface area (Å²) in [5.74, 6) is -2.12. The van der Waals surface area contributed by atoms with Gasteiger partial charge >= 0.3 is 0 Å². The van der Waals surface area contributed by atoms with Crippen LogP contribution in [0.2, 0.25) is 0 Å². The Hall–Kier alpha value is -1.81. The number of hydrogen-bond donors (Lipinski definition) is 1. The number of hydrogen-bond acceptors (Lipinski definition) is 1. The number of halogens is 3. The molecule has 1 unspecified atom stereocenters. The highest BCUT2D eigenvalue weighted by atomic mass is 19.2. The summed E-state index contributed by atoms with van der Waals surface area (Å²) in [5, 5.41) is 0. The fraction of sp³-hybridized carbons (Fsp3) is 0.200. The normalized spacial score (nSPS) is 14.2. The van der Waals surface area contributed by atoms with Crippen molar-refractivity contribution in [2.75, 3.05) is 0 Å². The largest absolute Gasteiger partial charge is 0.321 e. The van der Waals surface area contributed by atoms with Crippen molar-refractivity contribution < 1.29 is 13.2 Å². The van der Waals surface area contributed by atoms with Crippen molar-refractivity contribution in [3.63, 3.8) is 0 Å². The molecule has 2 aromatic carbocycles. The van der Waals surface area contributed by atoms with Crippen LogP contribution in [-0.2, 0) is 12.0 Å². The predicted octanol–water partition coefficient (Wildman–Crippen LogP) is 3.52. The Morgan fingerprint density at radius 2 is 1.58 bits per heavy atom. The molecule has 0 bridgehead atoms. The maximum Gasteiger partial charge on any atom is 0.159 e. The van der Waals surface area contributed by atoms with E-state index < -0.39 is 17.2 Å². The molecule has 0 saturated carbocycles. The summed E-state index contributed by atoms with van der Waals surface area (Å²) in [7, 11) is 0. The Morgan fingerprint density at radius 1 is 0.947 bits per heavy atom. The van der Waals surface area contributed by atoms with Crippen molar-refractivity contribution >= 4 is 0 Å². The van der Waals surface area contributed by atoms with Gasteiger partial charge in [-0.25, -0.2) is 13.2 Å². The van der Waals surface area contributed by atoms with Gasteiger partial charge in [-0.2, -0.15) is 0 Å². The van der Waals surface area contributed by atoms with E-state index in [0.717, 1.165) is 17.7 Å². The summed E-state index contributed by atoms with van der Waals surface area (Å²) >= 11 is 0. The van der Waals surface area contributed by atoms with Gasteiger partial charge < -0.3 is 5.73 Å². The number of benzene rings is 2. The number of nitrogens with two attached hydrogens (primary N) is 1. The molecule has 0 aliphatic carbocycles. The standard InChI is InChI=1S/C15H14F3N/c1-15(19,11-3-5-12(16)6-4-11)9-10-2-7-13(17)14(18)8-10/h2-8H,9,19H2,1H3. The van der Waals surface area contributed by atoms with Crippen LogP contribution in [0.25, 0.3) is 0 Å². The third-order valence-electron chi connectivity index (χ3n) is 3.06. The Kier molecular flexibility index (Phi) is 3.62. The molecule has 0 aliphatic rings. The van der Waals surface area contributed by atoms with Gasteiger partial charge in [0.05, 0.1) is 0 Å². The molecule has 0 radical (unpaired) electrons. The van der Waals surface area contributed by atoms with Crippen LogP contribution in [0.15, 0.2) is 42.5 Å². The molecule has 0 heterocycles. The summed E-state index contributed by atoms with van der Waals surface area (Å²) < 4.78 is 38.9. The smallest absolute Gasteiger partial charge is 0.159 e. The summed E-state index contributed by atoms with van der Waals surface area (Å²) in [6.45, 7) is 1.77. The van der Waals surface area contributed by atoms with Crippen LogP contribution in [0.4, 0.5) is 13.2 Å². The fourth-order valence-corrected chi connectivity index (χ4v) is 2.01. The first kappa shape index (κ1) is 13.6. The van der Waals surface area contributed by atoms with Gasteiger partial charge in [0, 0.05) is 5.54 Å². The van der Waals surface area contributed by atoms with E-state index in [9.17, 15) is 13.2 Å². The molecule has 2 rings (SSSR count). The highest BCUT2D eigenvalue weighted by Gasteiger charge is 2.22. The van der Waals surface area contributed by atoms with Crippen molar-refractivity contribution in [1.29, 1.82) is 0 Å². The lowest BCUT2D eigenvalue weighted by molar-refractivity contribution is 0.479. The Balaban J connectivity index is 2.25. The predicted molar refractivity (Wildman–Crippen MR) is 68.0 cm³/mol. The molecule has 0 saturated heterocycles. The van der Waals surface area contributed by atoms with Crippen molar-refractivity contribution in [1.82, 2.24) is 0 Å². The van der Waals surface area contributed by atoms with Crippen LogP contribution in [0, 0.1) is 17.5 Å². The van der Waals surface area contributed by atoms with Gasteiger partial charge in [-0.1, -0.05) is 18.2 Å². The molecule has 19 heavy (non-hydrogen) atoms. The van der Waals surface area contributed by atoms with Crippen molar-refractivity contribution in [3.8, 4) is 0 Å². The summed E-state index contributed by atoms with van der Waals surface area (Å²) in [6, 6.07) is 9.53. The molecule has 0 aliphatic heterocycles. The monoisotopic (exact) mass is 265 g/mol. The molecule has 2 N–H and O–H groups in total. The topological polar surface area (TPSA) is 26.0 Å². The zero-order valence-electron chi connectivity index (χ0n) is 10.5. The molecule has 0 amide bonds. The van der Waals surface area contributed by atoms with E-state index in [-0.39, 0.29) is 5.82 Å². The lowest BCUT2D eigenvalue weighted by atomic mass is 9.86. The molecule has 0 spiro atoms. The zero-order valence-corrected chi connectivity index (χ0v) is 10.5. The lowest BCUT2D eigenvalue weighted by Crippen LogP contribution is -2.35. The zero-order chi connectivity index (χ0) is 14.0. The highest BCUT2D eigenvalue weighted by Crippen LogP contribution is 2.23. The first-order valence-electron chi connectivity index (χ1n) is 5.87. The minimum Gasteiger partial charge on any atom is -0.321 e. The van der Waals surface area contributed by atoms with E-state index in [4.69, 9.17) is 5.73 Å². The molecular formula is C15H14F3N. The number of rotatable bonds is 3. The maximum absolute atomic E-state index is 13.1.